The number of benzene rings is 2. The lowest BCUT2D eigenvalue weighted by Gasteiger charge is -2.13. The van der Waals surface area contributed by atoms with Crippen molar-refractivity contribution in [3.8, 4) is 17.5 Å². The summed E-state index contributed by atoms with van der Waals surface area (Å²) in [7, 11) is 1.62. The molecule has 1 heterocycles. The number of methoxy groups -OCH3 is 1. The number of aromatic nitrogens is 1. The van der Waals surface area contributed by atoms with Crippen LogP contribution in [0.2, 0.25) is 0 Å². The fourth-order valence-corrected chi connectivity index (χ4v) is 4.18. The van der Waals surface area contributed by atoms with Crippen LogP contribution in [0.25, 0.3) is 11.8 Å². The fraction of sp³-hybridized carbons (Fsp3) is 0.250. The molecule has 0 spiro atoms. The van der Waals surface area contributed by atoms with Crippen LogP contribution in [0.15, 0.2) is 48.0 Å². The molecule has 7 nitrogen and oxygen atoms in total. The van der Waals surface area contributed by atoms with Gasteiger partial charge < -0.3 is 19.9 Å². The van der Waals surface area contributed by atoms with Crippen molar-refractivity contribution in [2.75, 3.05) is 19.0 Å². The Hall–Kier alpha value is -4.31. The highest BCUT2D eigenvalue weighted by molar-refractivity contribution is 6.04. The number of amides is 2. The zero-order valence-corrected chi connectivity index (χ0v) is 20.9. The zero-order valence-electron chi connectivity index (χ0n) is 20.9. The molecule has 35 heavy (non-hydrogen) atoms. The molecule has 0 atom stereocenters. The largest absolute Gasteiger partial charge is 0.497 e. The number of hydrogen-bond donors (Lipinski definition) is 2. The summed E-state index contributed by atoms with van der Waals surface area (Å²) in [6.07, 6.45) is 1.55. The molecule has 180 valence electrons. The highest BCUT2D eigenvalue weighted by atomic mass is 16.5. The Kier molecular flexibility index (Phi) is 7.77. The molecule has 3 aromatic rings. The van der Waals surface area contributed by atoms with Gasteiger partial charge in [0.25, 0.3) is 5.91 Å². The van der Waals surface area contributed by atoms with Crippen LogP contribution in [0.3, 0.4) is 0 Å². The molecule has 0 saturated carbocycles. The molecule has 0 aliphatic carbocycles. The summed E-state index contributed by atoms with van der Waals surface area (Å²) in [5.74, 6) is -0.200. The molecule has 3 rings (SSSR count). The van der Waals surface area contributed by atoms with Crippen LogP contribution in [-0.4, -0.2) is 30.0 Å². The summed E-state index contributed by atoms with van der Waals surface area (Å²) in [4.78, 5) is 25.1. The number of hydrogen-bond acceptors (Lipinski definition) is 4. The van der Waals surface area contributed by atoms with Crippen molar-refractivity contribution in [1.29, 1.82) is 5.26 Å². The van der Waals surface area contributed by atoms with Crippen LogP contribution >= 0.6 is 0 Å². The SMILES string of the molecule is COc1ccc(-n2c(C)cc(C=C(C#N)C(=O)NCC(=O)Nc3c(C)cc(C)cc3C)c2C)cc1. The summed E-state index contributed by atoms with van der Waals surface area (Å²) >= 11 is 0. The topological polar surface area (TPSA) is 96.2 Å². The Morgan fingerprint density at radius 2 is 1.66 bits per heavy atom. The Morgan fingerprint density at radius 3 is 2.23 bits per heavy atom. The standard InChI is InChI=1S/C28H30N4O3/c1-17-11-18(2)27(19(3)12-17)31-26(33)16-30-28(34)23(15-29)14-22-13-20(4)32(21(22)5)24-7-9-25(35-6)10-8-24/h7-14H,16H2,1-6H3,(H,30,34)(H,31,33). The summed E-state index contributed by atoms with van der Waals surface area (Å²) in [5.41, 5.74) is 7.21. The van der Waals surface area contributed by atoms with Gasteiger partial charge in [-0.2, -0.15) is 5.26 Å². The van der Waals surface area contributed by atoms with Gasteiger partial charge >= 0.3 is 0 Å². The van der Waals surface area contributed by atoms with Crippen molar-refractivity contribution >= 4 is 23.6 Å². The van der Waals surface area contributed by atoms with Gasteiger partial charge in [0.2, 0.25) is 5.91 Å². The van der Waals surface area contributed by atoms with E-state index in [9.17, 15) is 14.9 Å². The van der Waals surface area contributed by atoms with Gasteiger partial charge in [0.05, 0.1) is 13.7 Å². The third-order valence-corrected chi connectivity index (χ3v) is 5.82. The zero-order chi connectivity index (χ0) is 25.7. The fourth-order valence-electron chi connectivity index (χ4n) is 4.18. The van der Waals surface area contributed by atoms with Gasteiger partial charge in [-0.05, 0) is 87.7 Å². The van der Waals surface area contributed by atoms with Crippen LogP contribution in [0.1, 0.15) is 33.6 Å². The third-order valence-electron chi connectivity index (χ3n) is 5.82. The lowest BCUT2D eigenvalue weighted by atomic mass is 10.1. The highest BCUT2D eigenvalue weighted by Crippen LogP contribution is 2.25. The van der Waals surface area contributed by atoms with Crippen molar-refractivity contribution in [3.05, 3.63) is 81.7 Å². The first-order valence-corrected chi connectivity index (χ1v) is 11.3. The maximum atomic E-state index is 12.7. The van der Waals surface area contributed by atoms with Crippen LogP contribution in [0, 0.1) is 45.9 Å². The van der Waals surface area contributed by atoms with E-state index in [1.54, 1.807) is 13.2 Å². The molecule has 2 amide bonds. The van der Waals surface area contributed by atoms with Gasteiger partial charge in [-0.25, -0.2) is 0 Å². The number of nitriles is 1. The molecule has 7 heteroatoms. The number of anilines is 1. The number of nitrogens with zero attached hydrogens (tertiary/aromatic N) is 2. The van der Waals surface area contributed by atoms with Gasteiger partial charge in [0.15, 0.2) is 0 Å². The predicted molar refractivity (Wildman–Crippen MR) is 138 cm³/mol. The lowest BCUT2D eigenvalue weighted by molar-refractivity contribution is -0.121. The Morgan fingerprint density at radius 1 is 1.03 bits per heavy atom. The summed E-state index contributed by atoms with van der Waals surface area (Å²) in [5, 5.41) is 15.0. The van der Waals surface area contributed by atoms with E-state index in [0.29, 0.717) is 0 Å². The smallest absolute Gasteiger partial charge is 0.262 e. The summed E-state index contributed by atoms with van der Waals surface area (Å²) in [6, 6.07) is 15.5. The number of carbonyl (C=O) groups excluding carboxylic acids is 2. The van der Waals surface area contributed by atoms with E-state index in [2.05, 4.69) is 10.6 Å². The minimum atomic E-state index is -0.603. The molecule has 0 unspecified atom stereocenters. The molecule has 0 bridgehead atoms. The molecule has 0 saturated heterocycles. The molecule has 0 aliphatic rings. The van der Waals surface area contributed by atoms with Gasteiger partial charge in [0.1, 0.15) is 17.4 Å². The number of nitrogens with one attached hydrogen (secondary N) is 2. The minimum absolute atomic E-state index is 0.0736. The van der Waals surface area contributed by atoms with Crippen LogP contribution in [0.4, 0.5) is 5.69 Å². The molecule has 0 fully saturated rings. The van der Waals surface area contributed by atoms with Crippen LogP contribution in [-0.2, 0) is 9.59 Å². The van der Waals surface area contributed by atoms with Gasteiger partial charge in [0, 0.05) is 22.8 Å². The van der Waals surface area contributed by atoms with E-state index in [4.69, 9.17) is 4.74 Å². The Balaban J connectivity index is 1.73. The maximum Gasteiger partial charge on any atom is 0.262 e. The number of aryl methyl sites for hydroxylation is 4. The average Bonchev–Trinajstić information content (AvgIpc) is 3.10. The second-order valence-corrected chi connectivity index (χ2v) is 8.53. The highest BCUT2D eigenvalue weighted by Gasteiger charge is 2.15. The molecule has 0 aliphatic heterocycles. The second-order valence-electron chi connectivity index (χ2n) is 8.53. The molecular weight excluding hydrogens is 440 g/mol. The Labute approximate surface area is 206 Å². The minimum Gasteiger partial charge on any atom is -0.497 e. The van der Waals surface area contributed by atoms with Crippen LogP contribution < -0.4 is 15.4 Å². The molecule has 2 N–H and O–H groups in total. The average molecular weight is 471 g/mol. The van der Waals surface area contributed by atoms with Gasteiger partial charge in [-0.3, -0.25) is 9.59 Å². The van der Waals surface area contributed by atoms with E-state index >= 15 is 0 Å². The number of carbonyl (C=O) groups is 2. The molecular formula is C28H30N4O3. The van der Waals surface area contributed by atoms with Crippen molar-refractivity contribution in [3.63, 3.8) is 0 Å². The predicted octanol–water partition coefficient (Wildman–Crippen LogP) is 4.69. The normalized spacial score (nSPS) is 11.1. The summed E-state index contributed by atoms with van der Waals surface area (Å²) < 4.78 is 7.27. The van der Waals surface area contributed by atoms with Gasteiger partial charge in [-0.15, -0.1) is 0 Å². The van der Waals surface area contributed by atoms with Crippen molar-refractivity contribution in [1.82, 2.24) is 9.88 Å². The quantitative estimate of drug-likeness (QED) is 0.387. The van der Waals surface area contributed by atoms with E-state index in [1.165, 1.54) is 0 Å². The Bertz CT molecular complexity index is 1320. The van der Waals surface area contributed by atoms with E-state index < -0.39 is 5.91 Å². The number of ether oxygens (including phenoxy) is 1. The van der Waals surface area contributed by atoms with E-state index in [1.807, 2.05) is 87.7 Å². The molecule has 0 radical (unpaired) electrons. The van der Waals surface area contributed by atoms with E-state index in [-0.39, 0.29) is 18.0 Å². The molecule has 1 aromatic heterocycles. The lowest BCUT2D eigenvalue weighted by Crippen LogP contribution is -2.33. The molecule has 2 aromatic carbocycles. The van der Waals surface area contributed by atoms with Crippen LogP contribution in [0.5, 0.6) is 5.75 Å². The van der Waals surface area contributed by atoms with E-state index in [0.717, 1.165) is 50.8 Å². The number of rotatable bonds is 7. The maximum absolute atomic E-state index is 12.7. The monoisotopic (exact) mass is 470 g/mol. The third kappa shape index (κ3) is 5.79. The first-order chi connectivity index (χ1) is 16.6. The summed E-state index contributed by atoms with van der Waals surface area (Å²) in [6.45, 7) is 9.49. The van der Waals surface area contributed by atoms with Crippen molar-refractivity contribution in [2.45, 2.75) is 34.6 Å². The van der Waals surface area contributed by atoms with Gasteiger partial charge in [-0.1, -0.05) is 17.7 Å². The second kappa shape index (κ2) is 10.7. The first-order valence-electron chi connectivity index (χ1n) is 11.3. The van der Waals surface area contributed by atoms with Crippen molar-refractivity contribution in [2.24, 2.45) is 0 Å². The first kappa shape index (κ1) is 25.3. The van der Waals surface area contributed by atoms with Crippen molar-refractivity contribution < 1.29 is 14.3 Å².